The molecule has 106 valence electrons. The fourth-order valence-electron chi connectivity index (χ4n) is 3.37. The number of nitrogens with zero attached hydrogens (tertiary/aromatic N) is 1. The highest BCUT2D eigenvalue weighted by Crippen LogP contribution is 2.36. The van der Waals surface area contributed by atoms with Crippen LogP contribution in [0.5, 0.6) is 0 Å². The lowest BCUT2D eigenvalue weighted by Crippen LogP contribution is -2.28. The Balaban J connectivity index is 0.00000133. The van der Waals surface area contributed by atoms with Gasteiger partial charge in [0.2, 0.25) is 0 Å². The molecule has 1 atom stereocenters. The van der Waals surface area contributed by atoms with E-state index in [1.165, 1.54) is 50.1 Å². The average Bonchev–Trinajstić information content (AvgIpc) is 2.96. The molecule has 3 rings (SSSR count). The summed E-state index contributed by atoms with van der Waals surface area (Å²) in [5.41, 5.74) is 3.15. The van der Waals surface area contributed by atoms with E-state index in [0.29, 0.717) is 5.41 Å². The van der Waals surface area contributed by atoms with Crippen molar-refractivity contribution < 1.29 is 0 Å². The maximum atomic E-state index is 6.07. The van der Waals surface area contributed by atoms with Gasteiger partial charge in [0.15, 0.2) is 0 Å². The van der Waals surface area contributed by atoms with Crippen LogP contribution in [0.15, 0.2) is 18.2 Å². The van der Waals surface area contributed by atoms with Gasteiger partial charge in [-0.2, -0.15) is 0 Å². The Morgan fingerprint density at radius 2 is 2.21 bits per heavy atom. The van der Waals surface area contributed by atoms with E-state index < -0.39 is 0 Å². The van der Waals surface area contributed by atoms with Gasteiger partial charge in [0.25, 0.3) is 0 Å². The lowest BCUT2D eigenvalue weighted by Gasteiger charge is -2.23. The van der Waals surface area contributed by atoms with E-state index in [4.69, 9.17) is 11.6 Å². The Bertz CT molecular complexity index is 442. The average molecular weight is 301 g/mol. The van der Waals surface area contributed by atoms with Crippen LogP contribution >= 0.6 is 24.0 Å². The molecule has 0 aliphatic carbocycles. The second-order valence-electron chi connectivity index (χ2n) is 5.97. The Morgan fingerprint density at radius 3 is 2.89 bits per heavy atom. The van der Waals surface area contributed by atoms with Crippen molar-refractivity contribution in [2.24, 2.45) is 5.41 Å². The van der Waals surface area contributed by atoms with Crippen molar-refractivity contribution in [3.8, 4) is 0 Å². The lowest BCUT2D eigenvalue weighted by molar-refractivity contribution is 0.268. The van der Waals surface area contributed by atoms with E-state index in [1.807, 2.05) is 6.07 Å². The van der Waals surface area contributed by atoms with Crippen LogP contribution in [0, 0.1) is 12.3 Å². The molecule has 2 aliphatic rings. The molecule has 0 radical (unpaired) electrons. The molecule has 0 aromatic heterocycles. The standard InChI is InChI=1S/C15H21ClN2.ClH/c1-12-8-13(2-3-14(12)16)9-18-7-5-15(11-18)4-6-17-10-15;/h2-3,8,17H,4-7,9-11H2,1H3;1H. The summed E-state index contributed by atoms with van der Waals surface area (Å²) in [6.45, 7) is 8.06. The maximum absolute atomic E-state index is 6.07. The van der Waals surface area contributed by atoms with E-state index in [-0.39, 0.29) is 12.4 Å². The second-order valence-corrected chi connectivity index (χ2v) is 6.38. The van der Waals surface area contributed by atoms with Crippen LogP contribution in [0.1, 0.15) is 24.0 Å². The molecule has 2 heterocycles. The van der Waals surface area contributed by atoms with Crippen LogP contribution < -0.4 is 5.32 Å². The summed E-state index contributed by atoms with van der Waals surface area (Å²) >= 11 is 6.07. The molecular weight excluding hydrogens is 279 g/mol. The zero-order valence-electron chi connectivity index (χ0n) is 11.4. The van der Waals surface area contributed by atoms with Gasteiger partial charge in [-0.1, -0.05) is 23.7 Å². The zero-order valence-corrected chi connectivity index (χ0v) is 13.0. The summed E-state index contributed by atoms with van der Waals surface area (Å²) in [5.74, 6) is 0. The molecule has 1 unspecified atom stereocenters. The van der Waals surface area contributed by atoms with Crippen LogP contribution in [0.2, 0.25) is 5.02 Å². The Labute approximate surface area is 126 Å². The molecule has 0 saturated carbocycles. The van der Waals surface area contributed by atoms with Gasteiger partial charge >= 0.3 is 0 Å². The molecule has 2 aliphatic heterocycles. The highest BCUT2D eigenvalue weighted by molar-refractivity contribution is 6.31. The van der Waals surface area contributed by atoms with Crippen molar-refractivity contribution >= 4 is 24.0 Å². The molecule has 1 aromatic carbocycles. The normalized spacial score (nSPS) is 26.8. The van der Waals surface area contributed by atoms with Gasteiger partial charge in [0.1, 0.15) is 0 Å². The molecule has 2 fully saturated rings. The van der Waals surface area contributed by atoms with E-state index in [9.17, 15) is 0 Å². The van der Waals surface area contributed by atoms with Crippen molar-refractivity contribution in [3.63, 3.8) is 0 Å². The SMILES string of the molecule is Cc1cc(CN2CCC3(CCNC3)C2)ccc1Cl.Cl. The molecule has 19 heavy (non-hydrogen) atoms. The first kappa shape index (κ1) is 15.1. The van der Waals surface area contributed by atoms with Crippen molar-refractivity contribution in [1.82, 2.24) is 10.2 Å². The number of nitrogens with one attached hydrogen (secondary N) is 1. The Morgan fingerprint density at radius 1 is 1.37 bits per heavy atom. The van der Waals surface area contributed by atoms with Gasteiger partial charge in [0.05, 0.1) is 0 Å². The molecule has 0 amide bonds. The van der Waals surface area contributed by atoms with Crippen molar-refractivity contribution in [3.05, 3.63) is 34.3 Å². The molecule has 2 nitrogen and oxygen atoms in total. The first-order valence-electron chi connectivity index (χ1n) is 6.85. The van der Waals surface area contributed by atoms with E-state index in [0.717, 1.165) is 11.6 Å². The molecule has 0 bridgehead atoms. The van der Waals surface area contributed by atoms with Crippen molar-refractivity contribution in [2.75, 3.05) is 26.2 Å². The topological polar surface area (TPSA) is 15.3 Å². The molecular formula is C15H22Cl2N2. The smallest absolute Gasteiger partial charge is 0.0435 e. The predicted molar refractivity (Wildman–Crippen MR) is 83.3 cm³/mol. The van der Waals surface area contributed by atoms with Crippen LogP contribution in [0.4, 0.5) is 0 Å². The predicted octanol–water partition coefficient (Wildman–Crippen LogP) is 3.26. The van der Waals surface area contributed by atoms with E-state index in [2.05, 4.69) is 29.3 Å². The van der Waals surface area contributed by atoms with Gasteiger partial charge in [-0.15, -0.1) is 12.4 Å². The first-order chi connectivity index (χ1) is 8.67. The maximum Gasteiger partial charge on any atom is 0.0435 e. The van der Waals surface area contributed by atoms with Crippen LogP contribution in [0.3, 0.4) is 0 Å². The van der Waals surface area contributed by atoms with Crippen LogP contribution in [0.25, 0.3) is 0 Å². The Kier molecular flexibility index (Phi) is 4.78. The summed E-state index contributed by atoms with van der Waals surface area (Å²) in [6.07, 6.45) is 2.70. The third-order valence-corrected chi connectivity index (χ3v) is 4.90. The van der Waals surface area contributed by atoms with Gasteiger partial charge in [-0.25, -0.2) is 0 Å². The minimum absolute atomic E-state index is 0. The molecule has 1 aromatic rings. The number of aryl methyl sites for hydroxylation is 1. The van der Waals surface area contributed by atoms with Gasteiger partial charge < -0.3 is 5.32 Å². The number of hydrogen-bond acceptors (Lipinski definition) is 2. The highest BCUT2D eigenvalue weighted by Gasteiger charge is 2.39. The van der Waals surface area contributed by atoms with Gasteiger partial charge in [-0.05, 0) is 55.5 Å². The molecule has 1 spiro atoms. The fourth-order valence-corrected chi connectivity index (χ4v) is 3.49. The molecule has 1 N–H and O–H groups in total. The number of rotatable bonds is 2. The third kappa shape index (κ3) is 3.25. The number of hydrogen-bond donors (Lipinski definition) is 1. The minimum atomic E-state index is 0. The number of halogens is 2. The summed E-state index contributed by atoms with van der Waals surface area (Å²) in [7, 11) is 0. The summed E-state index contributed by atoms with van der Waals surface area (Å²) < 4.78 is 0. The van der Waals surface area contributed by atoms with Gasteiger partial charge in [0, 0.05) is 24.7 Å². The van der Waals surface area contributed by atoms with E-state index in [1.54, 1.807) is 0 Å². The quantitative estimate of drug-likeness (QED) is 0.902. The van der Waals surface area contributed by atoms with Crippen LogP contribution in [-0.2, 0) is 6.54 Å². The summed E-state index contributed by atoms with van der Waals surface area (Å²) in [6, 6.07) is 6.41. The summed E-state index contributed by atoms with van der Waals surface area (Å²) in [5, 5.41) is 4.38. The highest BCUT2D eigenvalue weighted by atomic mass is 35.5. The fraction of sp³-hybridized carbons (Fsp3) is 0.600. The second kappa shape index (κ2) is 6.01. The third-order valence-electron chi connectivity index (χ3n) is 4.48. The number of likely N-dealkylation sites (tertiary alicyclic amines) is 1. The molecule has 2 saturated heterocycles. The zero-order chi connectivity index (χ0) is 12.6. The van der Waals surface area contributed by atoms with E-state index >= 15 is 0 Å². The van der Waals surface area contributed by atoms with Gasteiger partial charge in [-0.3, -0.25) is 4.90 Å². The number of benzene rings is 1. The minimum Gasteiger partial charge on any atom is -0.316 e. The lowest BCUT2D eigenvalue weighted by atomic mass is 9.86. The molecule has 4 heteroatoms. The van der Waals surface area contributed by atoms with Crippen molar-refractivity contribution in [2.45, 2.75) is 26.3 Å². The summed E-state index contributed by atoms with van der Waals surface area (Å²) in [4.78, 5) is 2.59. The first-order valence-corrected chi connectivity index (χ1v) is 7.23. The Hall–Kier alpha value is -0.280. The monoisotopic (exact) mass is 300 g/mol. The van der Waals surface area contributed by atoms with Crippen molar-refractivity contribution in [1.29, 1.82) is 0 Å². The largest absolute Gasteiger partial charge is 0.316 e. The van der Waals surface area contributed by atoms with Crippen LogP contribution in [-0.4, -0.2) is 31.1 Å².